The topological polar surface area (TPSA) is 63.2 Å². The molecule has 0 bridgehead atoms. The fraction of sp³-hybridized carbons (Fsp3) is 0.200. The number of nitrogens with one attached hydrogen (secondary N) is 2. The second-order valence-corrected chi connectivity index (χ2v) is 5.21. The lowest BCUT2D eigenvalue weighted by Crippen LogP contribution is -2.15. The largest absolute Gasteiger partial charge is 0.383 e. The van der Waals surface area contributed by atoms with E-state index in [1.807, 2.05) is 0 Å². The van der Waals surface area contributed by atoms with Gasteiger partial charge in [-0.3, -0.25) is 9.78 Å². The summed E-state index contributed by atoms with van der Waals surface area (Å²) in [6.07, 6.45) is 1.55. The molecule has 0 spiro atoms. The molecule has 0 saturated heterocycles. The van der Waals surface area contributed by atoms with Crippen LogP contribution < -0.4 is 10.6 Å². The van der Waals surface area contributed by atoms with Gasteiger partial charge in [-0.15, -0.1) is 0 Å². The van der Waals surface area contributed by atoms with Gasteiger partial charge >= 0.3 is 0 Å². The summed E-state index contributed by atoms with van der Waals surface area (Å²) in [6, 6.07) is 8.43. The molecular weight excluding hydrogens is 325 g/mol. The molecule has 0 radical (unpaired) electrons. The fourth-order valence-corrected chi connectivity index (χ4v) is 2.25. The van der Waals surface area contributed by atoms with E-state index in [0.29, 0.717) is 28.9 Å². The second-order valence-electron chi connectivity index (χ2n) is 4.40. The molecule has 0 saturated carbocycles. The molecular formula is C15H15Cl2N3O2. The van der Waals surface area contributed by atoms with Crippen LogP contribution in [0.25, 0.3) is 0 Å². The summed E-state index contributed by atoms with van der Waals surface area (Å²) in [4.78, 5) is 16.3. The van der Waals surface area contributed by atoms with Crippen LogP contribution in [0.4, 0.5) is 11.4 Å². The van der Waals surface area contributed by atoms with Gasteiger partial charge in [-0.2, -0.15) is 0 Å². The molecule has 0 aliphatic rings. The van der Waals surface area contributed by atoms with Gasteiger partial charge in [0.15, 0.2) is 0 Å². The van der Waals surface area contributed by atoms with Crippen LogP contribution in [0.1, 0.15) is 10.5 Å². The number of carbonyl (C=O) groups excluding carboxylic acids is 1. The Kier molecular flexibility index (Phi) is 6.00. The summed E-state index contributed by atoms with van der Waals surface area (Å²) in [5.74, 6) is -0.384. The zero-order valence-electron chi connectivity index (χ0n) is 11.9. The monoisotopic (exact) mass is 339 g/mol. The van der Waals surface area contributed by atoms with Gasteiger partial charge in [0, 0.05) is 25.5 Å². The molecule has 0 aliphatic carbocycles. The molecule has 2 N–H and O–H groups in total. The summed E-state index contributed by atoms with van der Waals surface area (Å²) in [6.45, 7) is 1.21. The summed E-state index contributed by atoms with van der Waals surface area (Å²) in [7, 11) is 1.63. The van der Waals surface area contributed by atoms with Crippen molar-refractivity contribution in [1.29, 1.82) is 0 Å². The normalized spacial score (nSPS) is 10.3. The quantitative estimate of drug-likeness (QED) is 0.787. The van der Waals surface area contributed by atoms with Crippen LogP contribution in [0, 0.1) is 0 Å². The van der Waals surface area contributed by atoms with Gasteiger partial charge in [-0.1, -0.05) is 29.3 Å². The van der Waals surface area contributed by atoms with Gasteiger partial charge in [-0.25, -0.2) is 0 Å². The van der Waals surface area contributed by atoms with Crippen LogP contribution >= 0.6 is 23.2 Å². The van der Waals surface area contributed by atoms with Crippen LogP contribution in [-0.4, -0.2) is 31.2 Å². The average molecular weight is 340 g/mol. The molecule has 2 rings (SSSR count). The molecule has 7 heteroatoms. The fourth-order valence-electron chi connectivity index (χ4n) is 1.76. The van der Waals surface area contributed by atoms with Crippen molar-refractivity contribution in [3.05, 3.63) is 52.3 Å². The van der Waals surface area contributed by atoms with Gasteiger partial charge in [0.2, 0.25) is 0 Å². The first-order valence-electron chi connectivity index (χ1n) is 6.56. The third-order valence-electron chi connectivity index (χ3n) is 2.83. The number of nitrogens with zero attached hydrogens (tertiary/aromatic N) is 1. The number of rotatable bonds is 6. The number of carbonyl (C=O) groups is 1. The average Bonchev–Trinajstić information content (AvgIpc) is 2.51. The number of ether oxygens (including phenoxy) is 1. The Morgan fingerprint density at radius 2 is 2.00 bits per heavy atom. The van der Waals surface area contributed by atoms with Crippen molar-refractivity contribution in [2.75, 3.05) is 30.9 Å². The maximum absolute atomic E-state index is 12.3. The van der Waals surface area contributed by atoms with E-state index in [4.69, 9.17) is 27.9 Å². The number of benzene rings is 1. The van der Waals surface area contributed by atoms with Crippen LogP contribution in [-0.2, 0) is 4.74 Å². The summed E-state index contributed by atoms with van der Waals surface area (Å²) >= 11 is 12.1. The first-order chi connectivity index (χ1) is 10.6. The van der Waals surface area contributed by atoms with Crippen molar-refractivity contribution in [2.45, 2.75) is 0 Å². The third-order valence-corrected chi connectivity index (χ3v) is 3.46. The molecule has 116 valence electrons. The van der Waals surface area contributed by atoms with Gasteiger partial charge in [0.1, 0.15) is 5.69 Å². The van der Waals surface area contributed by atoms with E-state index in [-0.39, 0.29) is 11.6 Å². The molecule has 1 heterocycles. The lowest BCUT2D eigenvalue weighted by molar-refractivity contribution is 0.102. The number of pyridine rings is 1. The minimum absolute atomic E-state index is 0.262. The number of amides is 1. The number of aromatic nitrogens is 1. The predicted octanol–water partition coefficient (Wildman–Crippen LogP) is 3.70. The van der Waals surface area contributed by atoms with Crippen molar-refractivity contribution in [3.8, 4) is 0 Å². The third kappa shape index (κ3) is 4.34. The number of para-hydroxylation sites is 1. The van der Waals surface area contributed by atoms with Crippen molar-refractivity contribution in [3.63, 3.8) is 0 Å². The molecule has 0 atom stereocenters. The molecule has 5 nitrogen and oxygen atoms in total. The van der Waals surface area contributed by atoms with Gasteiger partial charge in [0.05, 0.1) is 22.3 Å². The van der Waals surface area contributed by atoms with E-state index in [2.05, 4.69) is 15.6 Å². The number of hydrogen-bond acceptors (Lipinski definition) is 4. The minimum Gasteiger partial charge on any atom is -0.383 e. The first-order valence-corrected chi connectivity index (χ1v) is 7.31. The van der Waals surface area contributed by atoms with Gasteiger partial charge < -0.3 is 15.4 Å². The molecule has 0 unspecified atom stereocenters. The van der Waals surface area contributed by atoms with E-state index in [0.717, 1.165) is 5.69 Å². The van der Waals surface area contributed by atoms with E-state index in [1.54, 1.807) is 43.6 Å². The molecule has 2 aromatic rings. The smallest absolute Gasteiger partial charge is 0.274 e. The Labute approximate surface area is 138 Å². The Balaban J connectivity index is 2.11. The molecule has 1 aromatic heterocycles. The molecule has 22 heavy (non-hydrogen) atoms. The highest BCUT2D eigenvalue weighted by molar-refractivity contribution is 6.40. The summed E-state index contributed by atoms with van der Waals surface area (Å²) in [5.41, 5.74) is 1.41. The maximum atomic E-state index is 12.3. The van der Waals surface area contributed by atoms with Crippen LogP contribution in [0.5, 0.6) is 0 Å². The van der Waals surface area contributed by atoms with Crippen LogP contribution in [0.15, 0.2) is 36.5 Å². The number of methoxy groups -OCH3 is 1. The molecule has 0 fully saturated rings. The molecule has 1 aromatic carbocycles. The number of halogens is 2. The predicted molar refractivity (Wildman–Crippen MR) is 89.0 cm³/mol. The lowest BCUT2D eigenvalue weighted by Gasteiger charge is -2.10. The first kappa shape index (κ1) is 16.5. The van der Waals surface area contributed by atoms with Gasteiger partial charge in [0.25, 0.3) is 5.91 Å². The van der Waals surface area contributed by atoms with E-state index < -0.39 is 0 Å². The summed E-state index contributed by atoms with van der Waals surface area (Å²) in [5, 5.41) is 6.54. The van der Waals surface area contributed by atoms with E-state index >= 15 is 0 Å². The highest BCUT2D eigenvalue weighted by Gasteiger charge is 2.12. The standard InChI is InChI=1S/C15H15Cl2N3O2/c1-22-8-7-18-10-5-6-19-13(9-10)15(21)20-14-11(16)3-2-4-12(14)17/h2-6,9H,7-8H2,1H3,(H,18,19)(H,20,21). The minimum atomic E-state index is -0.384. The Morgan fingerprint density at radius 3 is 2.68 bits per heavy atom. The molecule has 1 amide bonds. The maximum Gasteiger partial charge on any atom is 0.274 e. The zero-order valence-corrected chi connectivity index (χ0v) is 13.4. The SMILES string of the molecule is COCCNc1ccnc(C(=O)Nc2c(Cl)cccc2Cl)c1. The van der Waals surface area contributed by atoms with Gasteiger partial charge in [-0.05, 0) is 24.3 Å². The van der Waals surface area contributed by atoms with Crippen LogP contribution in [0.2, 0.25) is 10.0 Å². The van der Waals surface area contributed by atoms with Crippen molar-refractivity contribution >= 4 is 40.5 Å². The van der Waals surface area contributed by atoms with Crippen molar-refractivity contribution in [2.24, 2.45) is 0 Å². The van der Waals surface area contributed by atoms with Crippen LogP contribution in [0.3, 0.4) is 0 Å². The second kappa shape index (κ2) is 7.98. The molecule has 0 aliphatic heterocycles. The number of anilines is 2. The van der Waals surface area contributed by atoms with Crippen molar-refractivity contribution in [1.82, 2.24) is 4.98 Å². The Bertz CT molecular complexity index is 645. The van der Waals surface area contributed by atoms with Crippen molar-refractivity contribution < 1.29 is 9.53 Å². The van der Waals surface area contributed by atoms with E-state index in [9.17, 15) is 4.79 Å². The number of hydrogen-bond donors (Lipinski definition) is 2. The zero-order chi connectivity index (χ0) is 15.9. The lowest BCUT2D eigenvalue weighted by atomic mass is 10.2. The summed E-state index contributed by atoms with van der Waals surface area (Å²) < 4.78 is 4.96. The Morgan fingerprint density at radius 1 is 1.27 bits per heavy atom. The van der Waals surface area contributed by atoms with E-state index in [1.165, 1.54) is 0 Å². The Hall–Kier alpha value is -1.82. The highest BCUT2D eigenvalue weighted by Crippen LogP contribution is 2.30. The highest BCUT2D eigenvalue weighted by atomic mass is 35.5.